The predicted molar refractivity (Wildman–Crippen MR) is 47.4 cm³/mol. The number of carbonyl (C=O) groups is 1. The summed E-state index contributed by atoms with van der Waals surface area (Å²) in [7, 11) is 2.16. The summed E-state index contributed by atoms with van der Waals surface area (Å²) < 4.78 is 0. The molecule has 0 saturated heterocycles. The first kappa shape index (κ1) is 8.35. The molecule has 0 spiro atoms. The normalized spacial score (nSPS) is 9.64. The first-order valence-electron chi connectivity index (χ1n) is 3.37. The van der Waals surface area contributed by atoms with Gasteiger partial charge in [-0.2, -0.15) is 0 Å². The first-order chi connectivity index (χ1) is 5.18. The fourth-order valence-electron chi connectivity index (χ4n) is 0.915. The van der Waals surface area contributed by atoms with Crippen molar-refractivity contribution in [2.45, 2.75) is 13.3 Å². The molecule has 0 bridgehead atoms. The molecule has 0 N–H and O–H groups in total. The molecule has 0 fully saturated rings. The zero-order chi connectivity index (χ0) is 8.27. The van der Waals surface area contributed by atoms with Crippen LogP contribution < -0.4 is 0 Å². The fourth-order valence-corrected chi connectivity index (χ4v) is 1.15. The Morgan fingerprint density at radius 1 is 1.64 bits per heavy atom. The van der Waals surface area contributed by atoms with Crippen LogP contribution in [0.5, 0.6) is 0 Å². The molecule has 11 heavy (non-hydrogen) atoms. The number of rotatable bonds is 2. The van der Waals surface area contributed by atoms with Gasteiger partial charge in [0, 0.05) is 18.8 Å². The van der Waals surface area contributed by atoms with Crippen LogP contribution in [-0.2, 0) is 11.2 Å². The van der Waals surface area contributed by atoms with E-state index in [1.807, 2.05) is 13.0 Å². The summed E-state index contributed by atoms with van der Waals surface area (Å²) in [5.74, 6) is 0. The molecule has 0 aliphatic heterocycles. The molecule has 1 aromatic rings. The van der Waals surface area contributed by atoms with Crippen molar-refractivity contribution in [2.75, 3.05) is 0 Å². The molecule has 1 rings (SSSR count). The van der Waals surface area contributed by atoms with Crippen molar-refractivity contribution in [2.24, 2.45) is 0 Å². The number of carbonyl (C=O) groups excluding carboxylic acids is 1. The number of pyridine rings is 1. The van der Waals surface area contributed by atoms with E-state index in [1.54, 1.807) is 12.4 Å². The molecule has 0 amide bonds. The van der Waals surface area contributed by atoms with Crippen molar-refractivity contribution in [1.82, 2.24) is 4.98 Å². The van der Waals surface area contributed by atoms with Crippen LogP contribution in [0.25, 0.3) is 0 Å². The second kappa shape index (κ2) is 3.59. The molecular weight excluding hydrogens is 157 g/mol. The monoisotopic (exact) mass is 167 g/mol. The Morgan fingerprint density at radius 2 is 2.36 bits per heavy atom. The zero-order valence-electron chi connectivity index (χ0n) is 6.37. The summed E-state index contributed by atoms with van der Waals surface area (Å²) in [6, 6.07) is 1.97. The summed E-state index contributed by atoms with van der Waals surface area (Å²) in [4.78, 5) is 14.6. The van der Waals surface area contributed by atoms with E-state index in [0.717, 1.165) is 11.1 Å². The van der Waals surface area contributed by atoms with Crippen LogP contribution in [0.2, 0.25) is 0 Å². The van der Waals surface area contributed by atoms with E-state index in [4.69, 9.17) is 0 Å². The third kappa shape index (κ3) is 2.77. The summed E-state index contributed by atoms with van der Waals surface area (Å²) in [5, 5.41) is 0. The van der Waals surface area contributed by atoms with Gasteiger partial charge in [-0.05, 0) is 18.1 Å². The molecule has 0 aliphatic rings. The van der Waals surface area contributed by atoms with E-state index in [9.17, 15) is 4.79 Å². The molecule has 58 valence electrons. The van der Waals surface area contributed by atoms with Crippen LogP contribution in [0.4, 0.5) is 0 Å². The summed E-state index contributed by atoms with van der Waals surface area (Å²) in [6.45, 7) is 1.96. The van der Waals surface area contributed by atoms with Crippen LogP contribution in [0, 0.1) is 6.92 Å². The fraction of sp³-hybridized carbons (Fsp3) is 0.250. The Hall–Kier alpha value is -0.750. The van der Waals surface area contributed by atoms with Gasteiger partial charge in [-0.1, -0.05) is 15.3 Å². The maximum Gasteiger partial charge on any atom is 0.152 e. The van der Waals surface area contributed by atoms with Gasteiger partial charge in [-0.3, -0.25) is 9.78 Å². The predicted octanol–water partition coefficient (Wildman–Crippen LogP) is 1.33. The van der Waals surface area contributed by atoms with Crippen LogP contribution in [0.1, 0.15) is 11.1 Å². The largest absolute Gasteiger partial charge is 0.295 e. The topological polar surface area (TPSA) is 30.0 Å². The van der Waals surface area contributed by atoms with E-state index >= 15 is 0 Å². The SMILES string of the molecule is Cc1cncc(CC(=O)P)c1. The zero-order valence-corrected chi connectivity index (χ0v) is 7.53. The highest BCUT2D eigenvalue weighted by atomic mass is 31.0. The van der Waals surface area contributed by atoms with Gasteiger partial charge < -0.3 is 0 Å². The van der Waals surface area contributed by atoms with E-state index in [2.05, 4.69) is 14.2 Å². The second-order valence-corrected chi connectivity index (χ2v) is 3.16. The maximum absolute atomic E-state index is 10.7. The number of hydrogen-bond acceptors (Lipinski definition) is 2. The van der Waals surface area contributed by atoms with Gasteiger partial charge in [-0.15, -0.1) is 0 Å². The summed E-state index contributed by atoms with van der Waals surface area (Å²) in [5.41, 5.74) is 2.16. The lowest BCUT2D eigenvalue weighted by Gasteiger charge is -1.96. The minimum atomic E-state index is 0.0948. The molecular formula is C8H10NOP. The van der Waals surface area contributed by atoms with Gasteiger partial charge in [0.15, 0.2) is 5.52 Å². The van der Waals surface area contributed by atoms with Crippen LogP contribution in [0.3, 0.4) is 0 Å². The number of aromatic nitrogens is 1. The van der Waals surface area contributed by atoms with Gasteiger partial charge >= 0.3 is 0 Å². The summed E-state index contributed by atoms with van der Waals surface area (Å²) >= 11 is 0. The van der Waals surface area contributed by atoms with E-state index in [-0.39, 0.29) is 5.52 Å². The van der Waals surface area contributed by atoms with Crippen molar-refractivity contribution in [3.05, 3.63) is 29.6 Å². The van der Waals surface area contributed by atoms with Gasteiger partial charge in [0.05, 0.1) is 0 Å². The number of aryl methyl sites for hydroxylation is 1. The van der Waals surface area contributed by atoms with Crippen LogP contribution in [0.15, 0.2) is 18.5 Å². The minimum Gasteiger partial charge on any atom is -0.295 e. The standard InChI is InChI=1S/C8H10NOP/c1-6-2-7(3-8(10)11)5-9-4-6/h2,4-5H,3,11H2,1H3. The lowest BCUT2D eigenvalue weighted by Crippen LogP contribution is -1.93. The van der Waals surface area contributed by atoms with E-state index < -0.39 is 0 Å². The average Bonchev–Trinajstić information content (AvgIpc) is 1.85. The summed E-state index contributed by atoms with van der Waals surface area (Å²) in [6.07, 6.45) is 3.95. The molecule has 1 heterocycles. The molecule has 0 aliphatic carbocycles. The lowest BCUT2D eigenvalue weighted by atomic mass is 10.2. The maximum atomic E-state index is 10.7. The number of nitrogens with zero attached hydrogens (tertiary/aromatic N) is 1. The Morgan fingerprint density at radius 3 is 2.91 bits per heavy atom. The molecule has 1 unspecified atom stereocenters. The van der Waals surface area contributed by atoms with Gasteiger partial charge in [0.25, 0.3) is 0 Å². The highest BCUT2D eigenvalue weighted by molar-refractivity contribution is 7.40. The van der Waals surface area contributed by atoms with Gasteiger partial charge in [0.1, 0.15) is 0 Å². The molecule has 2 nitrogen and oxygen atoms in total. The van der Waals surface area contributed by atoms with E-state index in [0.29, 0.717) is 6.42 Å². The van der Waals surface area contributed by atoms with Crippen molar-refractivity contribution >= 4 is 14.8 Å². The van der Waals surface area contributed by atoms with Gasteiger partial charge in [-0.25, -0.2) is 0 Å². The molecule has 1 aromatic heterocycles. The van der Waals surface area contributed by atoms with Gasteiger partial charge in [0.2, 0.25) is 0 Å². The molecule has 0 radical (unpaired) electrons. The highest BCUT2D eigenvalue weighted by Gasteiger charge is 1.96. The lowest BCUT2D eigenvalue weighted by molar-refractivity contribution is -0.110. The molecule has 1 atom stereocenters. The van der Waals surface area contributed by atoms with Crippen LogP contribution >= 0.6 is 9.24 Å². The number of hydrogen-bond donors (Lipinski definition) is 0. The molecule has 0 saturated carbocycles. The van der Waals surface area contributed by atoms with Crippen molar-refractivity contribution < 1.29 is 4.79 Å². The Bertz CT molecular complexity index is 273. The van der Waals surface area contributed by atoms with Crippen LogP contribution in [-0.4, -0.2) is 10.5 Å². The highest BCUT2D eigenvalue weighted by Crippen LogP contribution is 2.04. The molecule has 3 heteroatoms. The average molecular weight is 167 g/mol. The Balaban J connectivity index is 2.79. The smallest absolute Gasteiger partial charge is 0.152 e. The quantitative estimate of drug-likeness (QED) is 0.622. The molecule has 0 aromatic carbocycles. The van der Waals surface area contributed by atoms with Crippen molar-refractivity contribution in [3.63, 3.8) is 0 Å². The third-order valence-corrected chi connectivity index (χ3v) is 1.51. The first-order valence-corrected chi connectivity index (χ1v) is 3.95. The Kier molecular flexibility index (Phi) is 2.72. The van der Waals surface area contributed by atoms with E-state index in [1.165, 1.54) is 0 Å². The van der Waals surface area contributed by atoms with Crippen molar-refractivity contribution in [1.29, 1.82) is 0 Å². The minimum absolute atomic E-state index is 0.0948. The second-order valence-electron chi connectivity index (χ2n) is 2.51. The third-order valence-electron chi connectivity index (χ3n) is 1.31. The Labute approximate surface area is 68.2 Å². The van der Waals surface area contributed by atoms with Crippen molar-refractivity contribution in [3.8, 4) is 0 Å².